The van der Waals surface area contributed by atoms with Crippen molar-refractivity contribution in [2.24, 2.45) is 0 Å². The maximum atomic E-state index is 13.6. The third-order valence-corrected chi connectivity index (χ3v) is 6.25. The van der Waals surface area contributed by atoms with Crippen molar-refractivity contribution in [3.63, 3.8) is 0 Å². The molecule has 31 heavy (non-hydrogen) atoms. The van der Waals surface area contributed by atoms with E-state index in [9.17, 15) is 9.59 Å². The molecule has 1 aromatic heterocycles. The molecular weight excluding hydrogens is 390 g/mol. The number of carbonyl (C=O) groups is 1. The predicted molar refractivity (Wildman–Crippen MR) is 122 cm³/mol. The van der Waals surface area contributed by atoms with Crippen LogP contribution in [0.1, 0.15) is 70.6 Å². The monoisotopic (exact) mass is 419 g/mol. The lowest BCUT2D eigenvalue weighted by atomic mass is 9.95. The van der Waals surface area contributed by atoms with Crippen molar-refractivity contribution in [1.82, 2.24) is 4.90 Å². The zero-order chi connectivity index (χ0) is 22.3. The molecule has 1 atom stereocenters. The van der Waals surface area contributed by atoms with E-state index in [1.54, 1.807) is 12.0 Å². The lowest BCUT2D eigenvalue weighted by Crippen LogP contribution is -2.31. The minimum absolute atomic E-state index is 0.125. The molecule has 0 saturated carbocycles. The van der Waals surface area contributed by atoms with Crippen molar-refractivity contribution in [3.05, 3.63) is 80.2 Å². The highest BCUT2D eigenvalue weighted by atomic mass is 16.5. The molecule has 0 spiro atoms. The second-order valence-electron chi connectivity index (χ2n) is 8.68. The molecule has 162 valence electrons. The molecule has 4 rings (SSSR count). The van der Waals surface area contributed by atoms with Gasteiger partial charge in [-0.05, 0) is 60.6 Å². The van der Waals surface area contributed by atoms with Crippen molar-refractivity contribution in [2.45, 2.75) is 46.1 Å². The van der Waals surface area contributed by atoms with Gasteiger partial charge in [0.05, 0.1) is 17.0 Å². The van der Waals surface area contributed by atoms with Gasteiger partial charge in [-0.3, -0.25) is 9.59 Å². The Balaban J connectivity index is 1.90. The predicted octanol–water partition coefficient (Wildman–Crippen LogP) is 5.11. The zero-order valence-electron chi connectivity index (χ0n) is 18.8. The molecule has 1 unspecified atom stereocenters. The topological polar surface area (TPSA) is 59.8 Å². The molecule has 5 heteroatoms. The second-order valence-corrected chi connectivity index (χ2v) is 8.68. The second kappa shape index (κ2) is 8.31. The Morgan fingerprint density at radius 2 is 1.74 bits per heavy atom. The van der Waals surface area contributed by atoms with E-state index < -0.39 is 6.04 Å². The molecule has 2 heterocycles. The fourth-order valence-corrected chi connectivity index (χ4v) is 4.30. The van der Waals surface area contributed by atoms with Gasteiger partial charge in [0, 0.05) is 20.3 Å². The Morgan fingerprint density at radius 3 is 2.39 bits per heavy atom. The van der Waals surface area contributed by atoms with E-state index in [4.69, 9.17) is 9.15 Å². The fraction of sp³-hybridized carbons (Fsp3) is 0.385. The van der Waals surface area contributed by atoms with E-state index in [2.05, 4.69) is 26.0 Å². The van der Waals surface area contributed by atoms with Gasteiger partial charge in [-0.25, -0.2) is 0 Å². The first-order valence-electron chi connectivity index (χ1n) is 10.8. The van der Waals surface area contributed by atoms with E-state index in [0.29, 0.717) is 42.0 Å². The Hall–Kier alpha value is -2.92. The van der Waals surface area contributed by atoms with Gasteiger partial charge in [0.15, 0.2) is 5.43 Å². The molecule has 0 bridgehead atoms. The van der Waals surface area contributed by atoms with E-state index in [1.807, 2.05) is 38.1 Å². The van der Waals surface area contributed by atoms with Crippen molar-refractivity contribution >= 4 is 16.9 Å². The van der Waals surface area contributed by atoms with Crippen LogP contribution in [0.15, 0.2) is 45.6 Å². The maximum Gasteiger partial charge on any atom is 0.290 e. The quantitative estimate of drug-likeness (QED) is 0.521. The summed E-state index contributed by atoms with van der Waals surface area (Å²) in [5.74, 6) is 0.335. The molecule has 1 aliphatic heterocycles. The van der Waals surface area contributed by atoms with Gasteiger partial charge in [0.25, 0.3) is 5.91 Å². The summed E-state index contributed by atoms with van der Waals surface area (Å²) in [6.45, 7) is 9.27. The lowest BCUT2D eigenvalue weighted by molar-refractivity contribution is 0.0708. The lowest BCUT2D eigenvalue weighted by Gasteiger charge is -2.25. The first kappa shape index (κ1) is 21.3. The molecule has 1 amide bonds. The van der Waals surface area contributed by atoms with Crippen LogP contribution in [-0.2, 0) is 4.74 Å². The largest absolute Gasteiger partial charge is 0.450 e. The highest BCUT2D eigenvalue weighted by molar-refractivity contribution is 5.99. The Bertz CT molecular complexity index is 1190. The van der Waals surface area contributed by atoms with Crippen molar-refractivity contribution < 1.29 is 13.9 Å². The third kappa shape index (κ3) is 3.68. The van der Waals surface area contributed by atoms with E-state index in [1.165, 1.54) is 5.56 Å². The highest BCUT2D eigenvalue weighted by Crippen LogP contribution is 2.38. The van der Waals surface area contributed by atoms with Crippen LogP contribution in [0.4, 0.5) is 0 Å². The van der Waals surface area contributed by atoms with Crippen LogP contribution >= 0.6 is 0 Å². The van der Waals surface area contributed by atoms with Gasteiger partial charge in [-0.15, -0.1) is 0 Å². The summed E-state index contributed by atoms with van der Waals surface area (Å²) in [5.41, 5.74) is 4.97. The molecule has 2 aromatic carbocycles. The molecule has 1 aliphatic rings. The van der Waals surface area contributed by atoms with Crippen LogP contribution in [0.25, 0.3) is 11.0 Å². The Morgan fingerprint density at radius 1 is 1.06 bits per heavy atom. The first-order valence-corrected chi connectivity index (χ1v) is 10.8. The molecule has 0 aliphatic carbocycles. The number of rotatable bonds is 6. The summed E-state index contributed by atoms with van der Waals surface area (Å²) in [5, 5.41) is 0.525. The van der Waals surface area contributed by atoms with E-state index in [0.717, 1.165) is 16.7 Å². The van der Waals surface area contributed by atoms with Crippen molar-refractivity contribution in [3.8, 4) is 0 Å². The van der Waals surface area contributed by atoms with Gasteiger partial charge in [0.1, 0.15) is 5.58 Å². The molecule has 0 N–H and O–H groups in total. The Labute approximate surface area is 182 Å². The number of fused-ring (bicyclic) bond motifs is 2. The zero-order valence-corrected chi connectivity index (χ0v) is 18.8. The number of benzene rings is 2. The van der Waals surface area contributed by atoms with E-state index >= 15 is 0 Å². The van der Waals surface area contributed by atoms with Crippen LogP contribution in [0.5, 0.6) is 0 Å². The number of amides is 1. The summed E-state index contributed by atoms with van der Waals surface area (Å²) in [6, 6.07) is 11.5. The van der Waals surface area contributed by atoms with E-state index in [-0.39, 0.29) is 17.1 Å². The average Bonchev–Trinajstić information content (AvgIpc) is 3.02. The van der Waals surface area contributed by atoms with Crippen LogP contribution in [0, 0.1) is 13.8 Å². The molecule has 0 saturated heterocycles. The van der Waals surface area contributed by atoms with Gasteiger partial charge in [0.2, 0.25) is 5.76 Å². The van der Waals surface area contributed by atoms with Gasteiger partial charge in [-0.1, -0.05) is 38.1 Å². The maximum absolute atomic E-state index is 13.6. The smallest absolute Gasteiger partial charge is 0.290 e. The number of aryl methyl sites for hydroxylation is 2. The molecule has 5 nitrogen and oxygen atoms in total. The van der Waals surface area contributed by atoms with Crippen LogP contribution in [0.2, 0.25) is 0 Å². The summed E-state index contributed by atoms with van der Waals surface area (Å²) in [6.07, 6.45) is 0.683. The van der Waals surface area contributed by atoms with Crippen LogP contribution in [0.3, 0.4) is 0 Å². The first-order chi connectivity index (χ1) is 14.8. The normalized spacial score (nSPS) is 15.9. The van der Waals surface area contributed by atoms with Crippen LogP contribution < -0.4 is 5.43 Å². The molecule has 3 aromatic rings. The van der Waals surface area contributed by atoms with Gasteiger partial charge in [-0.2, -0.15) is 0 Å². The number of hydrogen-bond acceptors (Lipinski definition) is 4. The summed E-state index contributed by atoms with van der Waals surface area (Å²) < 4.78 is 11.2. The molecular formula is C26H29NO4. The number of methoxy groups -OCH3 is 1. The number of carbonyl (C=O) groups excluding carboxylic acids is 1. The summed E-state index contributed by atoms with van der Waals surface area (Å²) in [7, 11) is 1.64. The minimum atomic E-state index is -0.456. The van der Waals surface area contributed by atoms with Gasteiger partial charge < -0.3 is 14.1 Å². The minimum Gasteiger partial charge on any atom is -0.450 e. The number of nitrogens with zero attached hydrogens (tertiary/aromatic N) is 1. The standard InChI is InChI=1S/C26H29NO4/c1-15(2)18-7-9-19(10-8-18)23-22-24(28)20-13-16(3)17(4)14-21(20)31-25(22)26(29)27(23)11-6-12-30-5/h7-10,13-15,23H,6,11-12H2,1-5H3. The number of hydrogen-bond donors (Lipinski definition) is 0. The third-order valence-electron chi connectivity index (χ3n) is 6.25. The van der Waals surface area contributed by atoms with Crippen LogP contribution in [-0.4, -0.2) is 31.1 Å². The fourth-order valence-electron chi connectivity index (χ4n) is 4.30. The average molecular weight is 420 g/mol. The van der Waals surface area contributed by atoms with Crippen molar-refractivity contribution in [2.75, 3.05) is 20.3 Å². The van der Waals surface area contributed by atoms with Gasteiger partial charge >= 0.3 is 0 Å². The summed E-state index contributed by atoms with van der Waals surface area (Å²) in [4.78, 5) is 28.7. The number of ether oxygens (including phenoxy) is 1. The van der Waals surface area contributed by atoms with Crippen molar-refractivity contribution in [1.29, 1.82) is 0 Å². The SMILES string of the molecule is COCCCN1C(=O)c2oc3cc(C)c(C)cc3c(=O)c2C1c1ccc(C(C)C)cc1. The highest BCUT2D eigenvalue weighted by Gasteiger charge is 2.42. The molecule has 0 fully saturated rings. The summed E-state index contributed by atoms with van der Waals surface area (Å²) >= 11 is 0. The Kier molecular flexibility index (Phi) is 5.71. The molecule has 0 radical (unpaired) electrons.